The predicted octanol–water partition coefficient (Wildman–Crippen LogP) is 2.44. The number of hydrogen-bond acceptors (Lipinski definition) is 3. The maximum Gasteiger partial charge on any atom is 0.307 e. The third kappa shape index (κ3) is 2.16. The molecule has 0 bridgehead atoms. The fourth-order valence-corrected chi connectivity index (χ4v) is 2.34. The zero-order valence-electron chi connectivity index (χ0n) is 10.6. The van der Waals surface area contributed by atoms with Gasteiger partial charge in [0.05, 0.1) is 18.3 Å². The molecule has 2 aliphatic carbocycles. The standard InChI is InChI=1S/C16H12O4/c17-15(18)8-11-5-6-14-13(16(11)19)7-10-3-1-2-4-12(10)9-20-14/h1-7,9-10H,8H2,(H,17,18). The minimum atomic E-state index is -1.02. The van der Waals surface area contributed by atoms with Crippen LogP contribution in [0.2, 0.25) is 0 Å². The first-order valence-corrected chi connectivity index (χ1v) is 6.26. The monoisotopic (exact) mass is 268 g/mol. The molecule has 4 nitrogen and oxygen atoms in total. The lowest BCUT2D eigenvalue weighted by Crippen LogP contribution is -2.15. The summed E-state index contributed by atoms with van der Waals surface area (Å²) in [6.45, 7) is 0. The molecule has 3 rings (SSSR count). The second-order valence-electron chi connectivity index (χ2n) is 4.71. The van der Waals surface area contributed by atoms with Gasteiger partial charge in [0.1, 0.15) is 5.76 Å². The van der Waals surface area contributed by atoms with Gasteiger partial charge in [0.25, 0.3) is 0 Å². The summed E-state index contributed by atoms with van der Waals surface area (Å²) < 4.78 is 5.53. The zero-order chi connectivity index (χ0) is 14.1. The lowest BCUT2D eigenvalue weighted by Gasteiger charge is -2.15. The molecule has 0 radical (unpaired) electrons. The van der Waals surface area contributed by atoms with Crippen molar-refractivity contribution < 1.29 is 19.4 Å². The van der Waals surface area contributed by atoms with Crippen molar-refractivity contribution in [1.29, 1.82) is 0 Å². The van der Waals surface area contributed by atoms with Crippen molar-refractivity contribution in [3.05, 3.63) is 71.3 Å². The van der Waals surface area contributed by atoms with E-state index in [1.54, 1.807) is 12.3 Å². The first-order valence-electron chi connectivity index (χ1n) is 6.26. The molecule has 0 aromatic heterocycles. The quantitative estimate of drug-likeness (QED) is 0.835. The van der Waals surface area contributed by atoms with Crippen LogP contribution >= 0.6 is 0 Å². The van der Waals surface area contributed by atoms with Crippen molar-refractivity contribution in [1.82, 2.24) is 0 Å². The average molecular weight is 268 g/mol. The highest BCUT2D eigenvalue weighted by molar-refractivity contribution is 6.14. The molecule has 20 heavy (non-hydrogen) atoms. The maximum atomic E-state index is 12.3. The van der Waals surface area contributed by atoms with Gasteiger partial charge in [0, 0.05) is 11.5 Å². The van der Waals surface area contributed by atoms with Crippen LogP contribution in [0.4, 0.5) is 0 Å². The number of fused-ring (bicyclic) bond motifs is 2. The van der Waals surface area contributed by atoms with Gasteiger partial charge in [-0.1, -0.05) is 36.5 Å². The fraction of sp³-hybridized carbons (Fsp3) is 0.125. The van der Waals surface area contributed by atoms with E-state index in [-0.39, 0.29) is 23.7 Å². The number of Topliss-reactive ketones (excluding diaryl/α,β-unsaturated/α-hetero) is 1. The van der Waals surface area contributed by atoms with Crippen LogP contribution in [0.1, 0.15) is 6.42 Å². The average Bonchev–Trinajstić information content (AvgIpc) is 2.61. The Labute approximate surface area is 115 Å². The largest absolute Gasteiger partial charge is 0.481 e. The normalized spacial score (nSPS) is 23.4. The molecule has 0 saturated heterocycles. The third-order valence-electron chi connectivity index (χ3n) is 3.35. The first-order chi connectivity index (χ1) is 9.65. The Hall–Kier alpha value is -2.62. The van der Waals surface area contributed by atoms with Gasteiger partial charge in [-0.3, -0.25) is 9.59 Å². The van der Waals surface area contributed by atoms with E-state index in [1.165, 1.54) is 6.08 Å². The third-order valence-corrected chi connectivity index (χ3v) is 3.35. The number of carbonyl (C=O) groups is 2. The van der Waals surface area contributed by atoms with Gasteiger partial charge in [-0.15, -0.1) is 0 Å². The molecular formula is C16H12O4. The smallest absolute Gasteiger partial charge is 0.307 e. The first kappa shape index (κ1) is 12.4. The second kappa shape index (κ2) is 4.81. The second-order valence-corrected chi connectivity index (χ2v) is 4.71. The van der Waals surface area contributed by atoms with E-state index in [1.807, 2.05) is 30.4 Å². The fourth-order valence-electron chi connectivity index (χ4n) is 2.34. The van der Waals surface area contributed by atoms with Crippen LogP contribution < -0.4 is 0 Å². The lowest BCUT2D eigenvalue weighted by molar-refractivity contribution is -0.136. The van der Waals surface area contributed by atoms with E-state index in [2.05, 4.69) is 0 Å². The highest BCUT2D eigenvalue weighted by Gasteiger charge is 2.27. The van der Waals surface area contributed by atoms with Gasteiger partial charge in [-0.25, -0.2) is 0 Å². The Morgan fingerprint density at radius 3 is 2.95 bits per heavy atom. The number of aliphatic carboxylic acids is 1. The van der Waals surface area contributed by atoms with Crippen molar-refractivity contribution in [2.24, 2.45) is 5.92 Å². The van der Waals surface area contributed by atoms with Gasteiger partial charge in [-0.2, -0.15) is 0 Å². The number of rotatable bonds is 2. The van der Waals surface area contributed by atoms with Gasteiger partial charge < -0.3 is 9.84 Å². The number of carbonyl (C=O) groups excluding carboxylic acids is 1. The molecule has 4 heteroatoms. The number of carboxylic acid groups (broad SMARTS) is 1. The summed E-state index contributed by atoms with van der Waals surface area (Å²) in [5.74, 6) is -0.847. The molecule has 0 saturated carbocycles. The minimum absolute atomic E-state index is 0.0194. The topological polar surface area (TPSA) is 63.6 Å². The summed E-state index contributed by atoms with van der Waals surface area (Å²) in [6.07, 6.45) is 14.0. The Morgan fingerprint density at radius 1 is 1.30 bits per heavy atom. The van der Waals surface area contributed by atoms with Gasteiger partial charge >= 0.3 is 5.97 Å². The van der Waals surface area contributed by atoms with Gasteiger partial charge in [-0.05, 0) is 11.6 Å². The van der Waals surface area contributed by atoms with Crippen molar-refractivity contribution in [2.75, 3.05) is 0 Å². The highest BCUT2D eigenvalue weighted by atomic mass is 16.5. The summed E-state index contributed by atoms with van der Waals surface area (Å²) >= 11 is 0. The van der Waals surface area contributed by atoms with Crippen LogP contribution in [-0.2, 0) is 14.3 Å². The van der Waals surface area contributed by atoms with Crippen LogP contribution in [0.15, 0.2) is 71.3 Å². The summed E-state index contributed by atoms with van der Waals surface area (Å²) in [6, 6.07) is 0. The van der Waals surface area contributed by atoms with E-state index < -0.39 is 5.97 Å². The van der Waals surface area contributed by atoms with Crippen molar-refractivity contribution in [3.8, 4) is 0 Å². The summed E-state index contributed by atoms with van der Waals surface area (Å²) in [5.41, 5.74) is 1.66. The summed E-state index contributed by atoms with van der Waals surface area (Å²) in [7, 11) is 0. The van der Waals surface area contributed by atoms with Gasteiger partial charge in [0.2, 0.25) is 0 Å². The Morgan fingerprint density at radius 2 is 2.15 bits per heavy atom. The molecule has 3 aliphatic rings. The predicted molar refractivity (Wildman–Crippen MR) is 72.4 cm³/mol. The number of allylic oxidation sites excluding steroid dienone is 9. The number of ketones is 1. The molecule has 0 fully saturated rings. The number of ether oxygens (including phenoxy) is 1. The molecular weight excluding hydrogens is 256 g/mol. The van der Waals surface area contributed by atoms with E-state index >= 15 is 0 Å². The van der Waals surface area contributed by atoms with Crippen molar-refractivity contribution >= 4 is 11.8 Å². The van der Waals surface area contributed by atoms with Crippen molar-refractivity contribution in [2.45, 2.75) is 6.42 Å². The van der Waals surface area contributed by atoms with E-state index in [0.29, 0.717) is 11.3 Å². The number of hydrogen-bond donors (Lipinski definition) is 1. The lowest BCUT2D eigenvalue weighted by atomic mass is 9.89. The molecule has 1 atom stereocenters. The molecule has 100 valence electrons. The van der Waals surface area contributed by atoms with E-state index in [4.69, 9.17) is 9.84 Å². The van der Waals surface area contributed by atoms with Crippen LogP contribution in [0.5, 0.6) is 0 Å². The van der Waals surface area contributed by atoms with E-state index in [0.717, 1.165) is 5.57 Å². The molecule has 0 amide bonds. The van der Waals surface area contributed by atoms with Crippen LogP contribution in [0.3, 0.4) is 0 Å². The Kier molecular flexibility index (Phi) is 2.99. The molecule has 0 aromatic rings. The Balaban J connectivity index is 1.99. The molecule has 1 aliphatic heterocycles. The maximum absolute atomic E-state index is 12.3. The molecule has 1 unspecified atom stereocenters. The number of carboxylic acids is 1. The zero-order valence-corrected chi connectivity index (χ0v) is 10.6. The molecule has 1 heterocycles. The minimum Gasteiger partial charge on any atom is -0.481 e. The SMILES string of the molecule is O=C(O)CC1=CC=C2OC=C3C=CC=CC3C=C2C1=O. The summed E-state index contributed by atoms with van der Waals surface area (Å²) in [5, 5.41) is 8.83. The van der Waals surface area contributed by atoms with Crippen molar-refractivity contribution in [3.63, 3.8) is 0 Å². The van der Waals surface area contributed by atoms with Gasteiger partial charge in [0.15, 0.2) is 5.78 Å². The van der Waals surface area contributed by atoms with Crippen LogP contribution in [-0.4, -0.2) is 16.9 Å². The summed E-state index contributed by atoms with van der Waals surface area (Å²) in [4.78, 5) is 23.1. The highest BCUT2D eigenvalue weighted by Crippen LogP contribution is 2.32. The van der Waals surface area contributed by atoms with E-state index in [9.17, 15) is 9.59 Å². The molecule has 0 spiro atoms. The molecule has 1 N–H and O–H groups in total. The van der Waals surface area contributed by atoms with Crippen LogP contribution in [0.25, 0.3) is 0 Å². The van der Waals surface area contributed by atoms with Crippen LogP contribution in [0, 0.1) is 5.92 Å². The Bertz CT molecular complexity index is 669. The molecule has 0 aromatic carbocycles.